The maximum absolute atomic E-state index is 5.88. The fourth-order valence-electron chi connectivity index (χ4n) is 0.801. The van der Waals surface area contributed by atoms with Crippen molar-refractivity contribution in [3.05, 3.63) is 19.5 Å². The van der Waals surface area contributed by atoms with Crippen molar-refractivity contribution in [3.8, 4) is 11.5 Å². The molecule has 2 aromatic rings. The molecule has 0 unspecified atom stereocenters. The van der Waals surface area contributed by atoms with Crippen LogP contribution in [0.2, 0.25) is 8.67 Å². The lowest BCUT2D eigenvalue weighted by Crippen LogP contribution is -1.72. The van der Waals surface area contributed by atoms with Crippen LogP contribution >= 0.6 is 50.5 Å². The summed E-state index contributed by atoms with van der Waals surface area (Å²) in [5.74, 6) is 0.361. The van der Waals surface area contributed by atoms with Crippen molar-refractivity contribution < 1.29 is 4.52 Å². The highest BCUT2D eigenvalue weighted by Crippen LogP contribution is 2.37. The van der Waals surface area contributed by atoms with Gasteiger partial charge in [0.15, 0.2) is 0 Å². The maximum atomic E-state index is 5.88. The summed E-state index contributed by atoms with van der Waals surface area (Å²) in [5.41, 5.74) is 0.662. The van der Waals surface area contributed by atoms with E-state index in [2.05, 4.69) is 26.1 Å². The summed E-state index contributed by atoms with van der Waals surface area (Å²) in [5, 5.41) is 3.58. The number of halogens is 3. The molecular formula is C6HBrCl2N2OS. The van der Waals surface area contributed by atoms with E-state index in [1.807, 2.05) is 0 Å². The first-order valence-corrected chi connectivity index (χ1v) is 5.48. The predicted molar refractivity (Wildman–Crippen MR) is 55.3 cm³/mol. The Morgan fingerprint density at radius 2 is 2.23 bits per heavy atom. The van der Waals surface area contributed by atoms with E-state index in [4.69, 9.17) is 27.7 Å². The molecule has 2 heterocycles. The standard InChI is InChI=1S/C6HBrCl2N2OS/c7-6-10-5(12-11-6)2-1-3(8)13-4(2)9/h1H. The Hall–Kier alpha value is -0.100. The van der Waals surface area contributed by atoms with Crippen molar-refractivity contribution in [3.63, 3.8) is 0 Å². The molecule has 0 fully saturated rings. The van der Waals surface area contributed by atoms with Crippen molar-refractivity contribution in [2.75, 3.05) is 0 Å². The first-order chi connectivity index (χ1) is 6.16. The van der Waals surface area contributed by atoms with Crippen LogP contribution in [0.25, 0.3) is 11.5 Å². The van der Waals surface area contributed by atoms with Gasteiger partial charge in [0.2, 0.25) is 4.73 Å². The van der Waals surface area contributed by atoms with Crippen molar-refractivity contribution in [1.82, 2.24) is 10.1 Å². The molecule has 0 spiro atoms. The third kappa shape index (κ3) is 1.88. The second kappa shape index (κ2) is 3.57. The summed E-state index contributed by atoms with van der Waals surface area (Å²) in [4.78, 5) is 3.96. The highest BCUT2D eigenvalue weighted by molar-refractivity contribution is 9.10. The van der Waals surface area contributed by atoms with E-state index in [9.17, 15) is 0 Å². The van der Waals surface area contributed by atoms with E-state index in [0.717, 1.165) is 0 Å². The quantitative estimate of drug-likeness (QED) is 0.802. The Bertz CT molecular complexity index is 442. The molecular weight excluding hydrogens is 299 g/mol. The molecule has 2 aromatic heterocycles. The maximum Gasteiger partial charge on any atom is 0.261 e. The molecule has 0 saturated carbocycles. The van der Waals surface area contributed by atoms with Crippen LogP contribution in [0.3, 0.4) is 0 Å². The van der Waals surface area contributed by atoms with Gasteiger partial charge in [-0.1, -0.05) is 23.2 Å². The summed E-state index contributed by atoms with van der Waals surface area (Å²) < 4.78 is 6.42. The fraction of sp³-hybridized carbons (Fsp3) is 0. The summed E-state index contributed by atoms with van der Waals surface area (Å²) in [6.07, 6.45) is 0. The number of hydrogen-bond donors (Lipinski definition) is 0. The van der Waals surface area contributed by atoms with E-state index in [1.54, 1.807) is 6.07 Å². The minimum absolute atomic E-state index is 0.361. The zero-order valence-corrected chi connectivity index (χ0v) is 9.84. The van der Waals surface area contributed by atoms with Gasteiger partial charge in [-0.15, -0.1) is 11.3 Å². The van der Waals surface area contributed by atoms with Crippen LogP contribution in [0.15, 0.2) is 15.3 Å². The number of aromatic nitrogens is 2. The van der Waals surface area contributed by atoms with Gasteiger partial charge in [-0.25, -0.2) is 0 Å². The van der Waals surface area contributed by atoms with Gasteiger partial charge in [0.25, 0.3) is 5.89 Å². The normalized spacial score (nSPS) is 10.7. The molecule has 0 aromatic carbocycles. The fourth-order valence-corrected chi connectivity index (χ4v) is 2.48. The molecule has 0 atom stereocenters. The smallest absolute Gasteiger partial charge is 0.261 e. The molecule has 3 nitrogen and oxygen atoms in total. The van der Waals surface area contributed by atoms with Crippen LogP contribution in [0.1, 0.15) is 0 Å². The van der Waals surface area contributed by atoms with Crippen molar-refractivity contribution in [2.45, 2.75) is 0 Å². The van der Waals surface area contributed by atoms with Gasteiger partial charge in [-0.3, -0.25) is 0 Å². The van der Waals surface area contributed by atoms with Gasteiger partial charge in [-0.2, -0.15) is 4.98 Å². The molecule has 0 N–H and O–H groups in total. The predicted octanol–water partition coefficient (Wildman–Crippen LogP) is 3.87. The van der Waals surface area contributed by atoms with Crippen molar-refractivity contribution >= 4 is 50.5 Å². The Morgan fingerprint density at radius 1 is 1.46 bits per heavy atom. The van der Waals surface area contributed by atoms with Crippen LogP contribution < -0.4 is 0 Å². The average Bonchev–Trinajstić information content (AvgIpc) is 2.58. The van der Waals surface area contributed by atoms with E-state index < -0.39 is 0 Å². The van der Waals surface area contributed by atoms with E-state index in [1.165, 1.54) is 11.3 Å². The van der Waals surface area contributed by atoms with Gasteiger partial charge in [0.05, 0.1) is 9.90 Å². The van der Waals surface area contributed by atoms with Gasteiger partial charge >= 0.3 is 0 Å². The third-order valence-electron chi connectivity index (χ3n) is 1.29. The Balaban J connectivity index is 2.51. The molecule has 0 aliphatic heterocycles. The zero-order chi connectivity index (χ0) is 9.42. The van der Waals surface area contributed by atoms with E-state index >= 15 is 0 Å². The van der Waals surface area contributed by atoms with Gasteiger partial charge in [-0.05, 0) is 27.2 Å². The number of nitrogens with zero attached hydrogens (tertiary/aromatic N) is 2. The number of hydrogen-bond acceptors (Lipinski definition) is 4. The van der Waals surface area contributed by atoms with Crippen LogP contribution in [0.4, 0.5) is 0 Å². The second-order valence-electron chi connectivity index (χ2n) is 2.11. The molecule has 68 valence electrons. The largest absolute Gasteiger partial charge is 0.333 e. The lowest BCUT2D eigenvalue weighted by atomic mass is 10.3. The summed E-state index contributed by atoms with van der Waals surface area (Å²) >= 11 is 16.0. The molecule has 13 heavy (non-hydrogen) atoms. The van der Waals surface area contributed by atoms with Crippen LogP contribution in [-0.2, 0) is 0 Å². The minimum Gasteiger partial charge on any atom is -0.333 e. The number of rotatable bonds is 1. The van der Waals surface area contributed by atoms with Crippen molar-refractivity contribution in [1.29, 1.82) is 0 Å². The lowest BCUT2D eigenvalue weighted by Gasteiger charge is -1.85. The van der Waals surface area contributed by atoms with Crippen molar-refractivity contribution in [2.24, 2.45) is 0 Å². The monoisotopic (exact) mass is 298 g/mol. The van der Waals surface area contributed by atoms with E-state index in [0.29, 0.717) is 24.9 Å². The Morgan fingerprint density at radius 3 is 2.69 bits per heavy atom. The minimum atomic E-state index is 0.361. The molecule has 0 radical (unpaired) electrons. The molecule has 2 rings (SSSR count). The van der Waals surface area contributed by atoms with E-state index in [-0.39, 0.29) is 0 Å². The highest BCUT2D eigenvalue weighted by Gasteiger charge is 2.14. The summed E-state index contributed by atoms with van der Waals surface area (Å²) in [6.45, 7) is 0. The Kier molecular flexibility index (Phi) is 2.60. The van der Waals surface area contributed by atoms with Gasteiger partial charge < -0.3 is 4.52 Å². The number of thiophene rings is 1. The molecule has 0 aliphatic carbocycles. The van der Waals surface area contributed by atoms with Gasteiger partial charge in [0, 0.05) is 0 Å². The first-order valence-electron chi connectivity index (χ1n) is 3.11. The molecule has 0 aliphatic rings. The Labute approximate surface area is 95.8 Å². The summed E-state index contributed by atoms with van der Waals surface area (Å²) in [6, 6.07) is 1.69. The SMILES string of the molecule is Clc1cc(-c2nc(Br)no2)c(Cl)s1. The highest BCUT2D eigenvalue weighted by atomic mass is 79.9. The third-order valence-corrected chi connectivity index (χ3v) is 3.10. The van der Waals surface area contributed by atoms with Crippen LogP contribution in [0, 0.1) is 0 Å². The molecule has 7 heteroatoms. The lowest BCUT2D eigenvalue weighted by molar-refractivity contribution is 0.426. The zero-order valence-electron chi connectivity index (χ0n) is 5.92. The van der Waals surface area contributed by atoms with Crippen LogP contribution in [0.5, 0.6) is 0 Å². The molecule has 0 saturated heterocycles. The first kappa shape index (κ1) is 9.45. The topological polar surface area (TPSA) is 38.9 Å². The average molecular weight is 300 g/mol. The second-order valence-corrected chi connectivity index (χ2v) is 5.10. The molecule has 0 bridgehead atoms. The summed E-state index contributed by atoms with van der Waals surface area (Å²) in [7, 11) is 0. The van der Waals surface area contributed by atoms with Gasteiger partial charge in [0.1, 0.15) is 4.34 Å². The molecule has 0 amide bonds. The van der Waals surface area contributed by atoms with Crippen LogP contribution in [-0.4, -0.2) is 10.1 Å².